The molecule has 0 amide bonds. The molecule has 0 aliphatic heterocycles. The van der Waals surface area contributed by atoms with E-state index < -0.39 is 0 Å². The number of halogens is 1. The number of phenolic OH excluding ortho intramolecular Hbond substituents is 1. The summed E-state index contributed by atoms with van der Waals surface area (Å²) in [6.07, 6.45) is 0.435. The molecule has 70 valence electrons. The quantitative estimate of drug-likeness (QED) is 0.369. The van der Waals surface area contributed by atoms with Gasteiger partial charge in [0.25, 0.3) is 0 Å². The first-order valence-electron chi connectivity index (χ1n) is 3.83. The number of benzene rings is 1. The van der Waals surface area contributed by atoms with E-state index in [0.717, 1.165) is 0 Å². The van der Waals surface area contributed by atoms with Crippen LogP contribution in [0.4, 0.5) is 5.69 Å². The van der Waals surface area contributed by atoms with Gasteiger partial charge in [0.05, 0.1) is 5.69 Å². The molecule has 13 heavy (non-hydrogen) atoms. The Bertz CT molecular complexity index is 325. The zero-order valence-electron chi connectivity index (χ0n) is 6.96. The molecule has 0 unspecified atom stereocenters. The largest absolute Gasteiger partial charge is 0.506 e. The van der Waals surface area contributed by atoms with Gasteiger partial charge in [-0.05, 0) is 18.2 Å². The highest BCUT2D eigenvalue weighted by Crippen LogP contribution is 2.21. The molecule has 0 spiro atoms. The number of rotatable bonds is 3. The van der Waals surface area contributed by atoms with E-state index in [2.05, 4.69) is 15.9 Å². The van der Waals surface area contributed by atoms with Crippen LogP contribution < -0.4 is 5.73 Å². The van der Waals surface area contributed by atoms with Crippen molar-refractivity contribution in [3.8, 4) is 5.75 Å². The zero-order chi connectivity index (χ0) is 9.84. The van der Waals surface area contributed by atoms with Crippen molar-refractivity contribution in [2.75, 3.05) is 11.1 Å². The standard InChI is InChI=1S/C9H10BrNO2/c10-4-3-8(12)6-1-2-9(13)7(11)5-6/h1-2,5,13H,3-4,11H2. The summed E-state index contributed by atoms with van der Waals surface area (Å²) in [7, 11) is 0. The molecule has 0 heterocycles. The SMILES string of the molecule is Nc1cc(C(=O)CCBr)ccc1O. The minimum Gasteiger partial charge on any atom is -0.506 e. The van der Waals surface area contributed by atoms with Crippen LogP contribution in [0.5, 0.6) is 5.75 Å². The minimum atomic E-state index is 0.00962. The summed E-state index contributed by atoms with van der Waals surface area (Å²) < 4.78 is 0. The highest BCUT2D eigenvalue weighted by atomic mass is 79.9. The summed E-state index contributed by atoms with van der Waals surface area (Å²) in [4.78, 5) is 11.3. The van der Waals surface area contributed by atoms with Crippen LogP contribution in [0.1, 0.15) is 16.8 Å². The summed E-state index contributed by atoms with van der Waals surface area (Å²) in [6, 6.07) is 4.48. The van der Waals surface area contributed by atoms with Gasteiger partial charge in [0.15, 0.2) is 5.78 Å². The number of ketones is 1. The number of phenols is 1. The first-order chi connectivity index (χ1) is 6.15. The fourth-order valence-corrected chi connectivity index (χ4v) is 1.32. The average molecular weight is 244 g/mol. The third-order valence-corrected chi connectivity index (χ3v) is 2.07. The third kappa shape index (κ3) is 2.45. The van der Waals surface area contributed by atoms with Crippen LogP contribution in [-0.2, 0) is 0 Å². The second-order valence-electron chi connectivity index (χ2n) is 2.64. The molecule has 0 saturated carbocycles. The van der Waals surface area contributed by atoms with E-state index in [0.29, 0.717) is 17.3 Å². The van der Waals surface area contributed by atoms with Crippen molar-refractivity contribution in [2.24, 2.45) is 0 Å². The Morgan fingerprint density at radius 3 is 2.77 bits per heavy atom. The van der Waals surface area contributed by atoms with Crippen LogP contribution in [0, 0.1) is 0 Å². The van der Waals surface area contributed by atoms with E-state index >= 15 is 0 Å². The molecule has 0 radical (unpaired) electrons. The number of anilines is 1. The molecular formula is C9H10BrNO2. The first kappa shape index (κ1) is 10.1. The Hall–Kier alpha value is -1.03. The number of alkyl halides is 1. The minimum absolute atomic E-state index is 0.00962. The molecule has 3 nitrogen and oxygen atoms in total. The van der Waals surface area contributed by atoms with Crippen molar-refractivity contribution in [1.82, 2.24) is 0 Å². The smallest absolute Gasteiger partial charge is 0.163 e. The lowest BCUT2D eigenvalue weighted by Crippen LogP contribution is -2.00. The van der Waals surface area contributed by atoms with Crippen molar-refractivity contribution >= 4 is 27.4 Å². The zero-order valence-corrected chi connectivity index (χ0v) is 8.54. The number of nitrogen functional groups attached to an aromatic ring is 1. The predicted molar refractivity (Wildman–Crippen MR) is 55.3 cm³/mol. The van der Waals surface area contributed by atoms with Gasteiger partial charge < -0.3 is 10.8 Å². The van der Waals surface area contributed by atoms with Crippen LogP contribution in [0.25, 0.3) is 0 Å². The van der Waals surface area contributed by atoms with Crippen LogP contribution in [0.2, 0.25) is 0 Å². The van der Waals surface area contributed by atoms with Crippen LogP contribution in [-0.4, -0.2) is 16.2 Å². The van der Waals surface area contributed by atoms with Gasteiger partial charge in [-0.3, -0.25) is 4.79 Å². The molecule has 1 aromatic carbocycles. The van der Waals surface area contributed by atoms with Crippen molar-refractivity contribution in [1.29, 1.82) is 0 Å². The number of Topliss-reactive ketones (excluding diaryl/α,β-unsaturated/α-hetero) is 1. The normalized spacial score (nSPS) is 9.92. The summed E-state index contributed by atoms with van der Waals surface area (Å²) in [5.41, 5.74) is 6.21. The van der Waals surface area contributed by atoms with Gasteiger partial charge in [-0.1, -0.05) is 15.9 Å². The lowest BCUT2D eigenvalue weighted by atomic mass is 10.1. The first-order valence-corrected chi connectivity index (χ1v) is 4.95. The van der Waals surface area contributed by atoms with E-state index in [4.69, 9.17) is 10.8 Å². The molecule has 3 N–H and O–H groups in total. The average Bonchev–Trinajstić information content (AvgIpc) is 2.10. The van der Waals surface area contributed by atoms with Crippen LogP contribution in [0.15, 0.2) is 18.2 Å². The van der Waals surface area contributed by atoms with Gasteiger partial charge >= 0.3 is 0 Å². The van der Waals surface area contributed by atoms with Crippen molar-refractivity contribution in [3.05, 3.63) is 23.8 Å². The lowest BCUT2D eigenvalue weighted by molar-refractivity contribution is 0.0990. The molecule has 0 aromatic heterocycles. The van der Waals surface area contributed by atoms with E-state index in [9.17, 15) is 4.79 Å². The van der Waals surface area contributed by atoms with Crippen molar-refractivity contribution in [3.63, 3.8) is 0 Å². The summed E-state index contributed by atoms with van der Waals surface area (Å²) in [5.74, 6) is 0.0268. The van der Waals surface area contributed by atoms with E-state index in [1.54, 1.807) is 6.07 Å². The Morgan fingerprint density at radius 2 is 2.23 bits per heavy atom. The van der Waals surface area contributed by atoms with Gasteiger partial charge in [0, 0.05) is 17.3 Å². The fourth-order valence-electron chi connectivity index (χ4n) is 0.958. The molecule has 1 rings (SSSR count). The lowest BCUT2D eigenvalue weighted by Gasteiger charge is -2.01. The van der Waals surface area contributed by atoms with Crippen molar-refractivity contribution < 1.29 is 9.90 Å². The van der Waals surface area contributed by atoms with Crippen LogP contribution >= 0.6 is 15.9 Å². The number of nitrogens with two attached hydrogens (primary N) is 1. The summed E-state index contributed by atoms with van der Waals surface area (Å²) in [5, 5.41) is 9.74. The molecule has 1 aromatic rings. The van der Waals surface area contributed by atoms with Gasteiger partial charge in [-0.2, -0.15) is 0 Å². The second kappa shape index (κ2) is 4.28. The number of carbonyl (C=O) groups is 1. The highest BCUT2D eigenvalue weighted by Gasteiger charge is 2.06. The van der Waals surface area contributed by atoms with Gasteiger partial charge in [0.1, 0.15) is 5.75 Å². The van der Waals surface area contributed by atoms with Gasteiger partial charge in [0.2, 0.25) is 0 Å². The maximum Gasteiger partial charge on any atom is 0.163 e. The molecular weight excluding hydrogens is 234 g/mol. The molecule has 0 bridgehead atoms. The molecule has 0 aliphatic rings. The number of carbonyl (C=O) groups excluding carboxylic acids is 1. The Kier molecular flexibility index (Phi) is 3.31. The Morgan fingerprint density at radius 1 is 1.54 bits per heavy atom. The number of aromatic hydroxyl groups is 1. The molecule has 0 aliphatic carbocycles. The fraction of sp³-hybridized carbons (Fsp3) is 0.222. The molecule has 0 saturated heterocycles. The summed E-state index contributed by atoms with van der Waals surface area (Å²) >= 11 is 3.18. The topological polar surface area (TPSA) is 63.3 Å². The third-order valence-electron chi connectivity index (χ3n) is 1.67. The maximum atomic E-state index is 11.3. The Balaban J connectivity index is 2.90. The van der Waals surface area contributed by atoms with Gasteiger partial charge in [-0.15, -0.1) is 0 Å². The predicted octanol–water partition coefficient (Wildman–Crippen LogP) is 1.94. The van der Waals surface area contributed by atoms with Gasteiger partial charge in [-0.25, -0.2) is 0 Å². The highest BCUT2D eigenvalue weighted by molar-refractivity contribution is 9.09. The van der Waals surface area contributed by atoms with E-state index in [1.807, 2.05) is 0 Å². The van der Waals surface area contributed by atoms with E-state index in [-0.39, 0.29) is 17.2 Å². The molecule has 0 fully saturated rings. The monoisotopic (exact) mass is 243 g/mol. The van der Waals surface area contributed by atoms with E-state index in [1.165, 1.54) is 12.1 Å². The number of hydrogen-bond acceptors (Lipinski definition) is 3. The van der Waals surface area contributed by atoms with Crippen molar-refractivity contribution in [2.45, 2.75) is 6.42 Å². The molecule has 0 atom stereocenters. The number of hydrogen-bond donors (Lipinski definition) is 2. The maximum absolute atomic E-state index is 11.3. The second-order valence-corrected chi connectivity index (χ2v) is 3.43. The summed E-state index contributed by atoms with van der Waals surface area (Å²) in [6.45, 7) is 0. The van der Waals surface area contributed by atoms with Crippen LogP contribution in [0.3, 0.4) is 0 Å². The molecule has 4 heteroatoms. The Labute approximate surface area is 84.7 Å².